The zero-order chi connectivity index (χ0) is 23.2. The molecule has 2 aromatic carbocycles. The normalized spacial score (nSPS) is 16.2. The number of rotatable bonds is 8. The Hall–Kier alpha value is -3.03. The quantitative estimate of drug-likeness (QED) is 0.533. The summed E-state index contributed by atoms with van der Waals surface area (Å²) < 4.78 is 10.8. The number of nitrogens with zero attached hydrogens (tertiary/aromatic N) is 2. The molecule has 1 aliphatic heterocycles. The molecule has 7 heteroatoms. The third kappa shape index (κ3) is 5.31. The van der Waals surface area contributed by atoms with Crippen LogP contribution in [0.3, 0.4) is 0 Å². The maximum Gasteiger partial charge on any atom is 0.251 e. The minimum absolute atomic E-state index is 0.0453. The second-order valence-electron chi connectivity index (χ2n) is 8.15. The number of ether oxygens (including phenoxy) is 2. The fourth-order valence-corrected chi connectivity index (χ4v) is 5.41. The van der Waals surface area contributed by atoms with Crippen LogP contribution in [0.15, 0.2) is 66.0 Å². The van der Waals surface area contributed by atoms with Crippen LogP contribution in [0.25, 0.3) is 0 Å². The Morgan fingerprint density at radius 3 is 2.30 bits per heavy atom. The Labute approximate surface area is 199 Å². The van der Waals surface area contributed by atoms with Gasteiger partial charge in [0.25, 0.3) is 5.91 Å². The van der Waals surface area contributed by atoms with Gasteiger partial charge >= 0.3 is 0 Å². The number of carbonyl (C=O) groups is 1. The van der Waals surface area contributed by atoms with Crippen LogP contribution in [-0.4, -0.2) is 57.2 Å². The molecule has 4 rings (SSSR count). The molecule has 1 fully saturated rings. The van der Waals surface area contributed by atoms with Gasteiger partial charge in [-0.05, 0) is 54.8 Å². The number of para-hydroxylation sites is 2. The number of hydrogen-bond acceptors (Lipinski definition) is 6. The molecule has 1 N–H and O–H groups in total. The summed E-state index contributed by atoms with van der Waals surface area (Å²) in [5.41, 5.74) is 1.77. The van der Waals surface area contributed by atoms with Gasteiger partial charge in [0.15, 0.2) is 0 Å². The molecule has 1 saturated heterocycles. The summed E-state index contributed by atoms with van der Waals surface area (Å²) in [6.45, 7) is 5.72. The van der Waals surface area contributed by atoms with E-state index < -0.39 is 0 Å². The molecule has 0 radical (unpaired) electrons. The summed E-state index contributed by atoms with van der Waals surface area (Å²) in [6, 6.07) is 19.7. The van der Waals surface area contributed by atoms with Crippen molar-refractivity contribution in [1.29, 1.82) is 0 Å². The minimum atomic E-state index is -0.0700. The van der Waals surface area contributed by atoms with Crippen LogP contribution in [0, 0.1) is 0 Å². The average Bonchev–Trinajstić information content (AvgIpc) is 3.39. The molecule has 0 saturated carbocycles. The van der Waals surface area contributed by atoms with Gasteiger partial charge < -0.3 is 19.7 Å². The van der Waals surface area contributed by atoms with Crippen LogP contribution >= 0.6 is 11.3 Å². The lowest BCUT2D eigenvalue weighted by Gasteiger charge is -2.42. The maximum atomic E-state index is 12.9. The van der Waals surface area contributed by atoms with Gasteiger partial charge in [-0.3, -0.25) is 9.69 Å². The molecule has 33 heavy (non-hydrogen) atoms. The number of carbonyl (C=O) groups excluding carboxylic acids is 1. The number of thiophene rings is 1. The minimum Gasteiger partial charge on any atom is -0.497 e. The largest absolute Gasteiger partial charge is 0.497 e. The summed E-state index contributed by atoms with van der Waals surface area (Å²) in [7, 11) is 3.34. The van der Waals surface area contributed by atoms with E-state index in [4.69, 9.17) is 9.47 Å². The zero-order valence-corrected chi connectivity index (χ0v) is 20.2. The predicted molar refractivity (Wildman–Crippen MR) is 134 cm³/mol. The second kappa shape index (κ2) is 10.7. The Bertz CT molecular complexity index is 1030. The third-order valence-electron chi connectivity index (χ3n) is 6.15. The molecule has 1 amide bonds. The zero-order valence-electron chi connectivity index (χ0n) is 19.4. The maximum absolute atomic E-state index is 12.9. The number of methoxy groups -OCH3 is 2. The van der Waals surface area contributed by atoms with Crippen molar-refractivity contribution >= 4 is 22.9 Å². The van der Waals surface area contributed by atoms with E-state index >= 15 is 0 Å². The highest BCUT2D eigenvalue weighted by molar-refractivity contribution is 7.10. The highest BCUT2D eigenvalue weighted by atomic mass is 32.1. The van der Waals surface area contributed by atoms with E-state index in [0.717, 1.165) is 43.4 Å². The highest BCUT2D eigenvalue weighted by Gasteiger charge is 2.31. The van der Waals surface area contributed by atoms with Crippen molar-refractivity contribution in [2.24, 2.45) is 0 Å². The molecule has 0 bridgehead atoms. The highest BCUT2D eigenvalue weighted by Crippen LogP contribution is 2.32. The van der Waals surface area contributed by atoms with E-state index in [2.05, 4.69) is 51.7 Å². The summed E-state index contributed by atoms with van der Waals surface area (Å²) in [6.07, 6.45) is 0. The van der Waals surface area contributed by atoms with Crippen molar-refractivity contribution in [2.75, 3.05) is 45.3 Å². The van der Waals surface area contributed by atoms with Crippen molar-refractivity contribution in [3.8, 4) is 11.5 Å². The smallest absolute Gasteiger partial charge is 0.251 e. The Balaban J connectivity index is 1.46. The topological polar surface area (TPSA) is 54.0 Å². The van der Waals surface area contributed by atoms with Gasteiger partial charge in [-0.15, -0.1) is 11.3 Å². The summed E-state index contributed by atoms with van der Waals surface area (Å²) in [5.74, 6) is 1.57. The van der Waals surface area contributed by atoms with E-state index in [9.17, 15) is 4.79 Å². The average molecular weight is 466 g/mol. The number of nitrogens with one attached hydrogen (secondary N) is 1. The lowest BCUT2D eigenvalue weighted by Crippen LogP contribution is -2.52. The van der Waals surface area contributed by atoms with Crippen LogP contribution in [0.5, 0.6) is 11.5 Å². The van der Waals surface area contributed by atoms with Crippen LogP contribution < -0.4 is 19.7 Å². The fraction of sp³-hybridized carbons (Fsp3) is 0.346. The molecule has 6 nitrogen and oxygen atoms in total. The van der Waals surface area contributed by atoms with Gasteiger partial charge in [-0.2, -0.15) is 0 Å². The van der Waals surface area contributed by atoms with Crippen molar-refractivity contribution in [3.05, 3.63) is 76.5 Å². The van der Waals surface area contributed by atoms with Gasteiger partial charge in [-0.1, -0.05) is 18.2 Å². The van der Waals surface area contributed by atoms with Crippen LogP contribution in [0.1, 0.15) is 28.2 Å². The van der Waals surface area contributed by atoms with Crippen molar-refractivity contribution < 1.29 is 14.3 Å². The predicted octanol–water partition coefficient (Wildman–Crippen LogP) is 4.45. The molecule has 3 aromatic rings. The number of benzene rings is 2. The third-order valence-corrected chi connectivity index (χ3v) is 7.10. The van der Waals surface area contributed by atoms with E-state index in [1.165, 1.54) is 4.88 Å². The first-order valence-electron chi connectivity index (χ1n) is 11.2. The number of amides is 1. The molecular formula is C26H31N3O3S. The second-order valence-corrected chi connectivity index (χ2v) is 9.13. The van der Waals surface area contributed by atoms with Crippen molar-refractivity contribution in [2.45, 2.75) is 19.0 Å². The van der Waals surface area contributed by atoms with Gasteiger partial charge in [0.05, 0.1) is 25.9 Å². The van der Waals surface area contributed by atoms with E-state index in [0.29, 0.717) is 5.56 Å². The Morgan fingerprint density at radius 1 is 0.939 bits per heavy atom. The summed E-state index contributed by atoms with van der Waals surface area (Å²) in [5, 5.41) is 5.33. The number of hydrogen-bond donors (Lipinski definition) is 1. The Morgan fingerprint density at radius 2 is 1.67 bits per heavy atom. The van der Waals surface area contributed by atoms with Crippen molar-refractivity contribution in [3.63, 3.8) is 0 Å². The van der Waals surface area contributed by atoms with Crippen molar-refractivity contribution in [1.82, 2.24) is 10.2 Å². The number of piperazine rings is 1. The number of anilines is 1. The van der Waals surface area contributed by atoms with Gasteiger partial charge in [0.1, 0.15) is 11.5 Å². The van der Waals surface area contributed by atoms with E-state index in [1.54, 1.807) is 37.7 Å². The molecule has 174 valence electrons. The first kappa shape index (κ1) is 23.1. The first-order chi connectivity index (χ1) is 16.1. The lowest BCUT2D eigenvalue weighted by molar-refractivity contribution is 0.0890. The lowest BCUT2D eigenvalue weighted by atomic mass is 10.0. The standard InChI is InChI=1S/C26H31N3O3S/c1-19(27-26(30)20-10-12-21(31-2)13-11-20)25(24-9-6-18-33-24)29-16-14-28(15-17-29)22-7-4-5-8-23(22)32-3/h4-13,18-19,25H,14-17H2,1-3H3,(H,27,30)/t19-,25+/m1/s1. The molecular weight excluding hydrogens is 434 g/mol. The first-order valence-corrected chi connectivity index (χ1v) is 12.1. The monoisotopic (exact) mass is 465 g/mol. The van der Waals surface area contributed by atoms with Crippen LogP contribution in [0.2, 0.25) is 0 Å². The summed E-state index contributed by atoms with van der Waals surface area (Å²) in [4.78, 5) is 19.1. The van der Waals surface area contributed by atoms with Gasteiger partial charge in [0.2, 0.25) is 0 Å². The molecule has 2 atom stereocenters. The van der Waals surface area contributed by atoms with Crippen LogP contribution in [0.4, 0.5) is 5.69 Å². The van der Waals surface area contributed by atoms with Gasteiger partial charge in [-0.25, -0.2) is 0 Å². The van der Waals surface area contributed by atoms with Crippen LogP contribution in [-0.2, 0) is 0 Å². The molecule has 0 spiro atoms. The molecule has 1 aliphatic rings. The molecule has 0 aliphatic carbocycles. The molecule has 1 aromatic heterocycles. The van der Waals surface area contributed by atoms with Gasteiger partial charge in [0, 0.05) is 42.7 Å². The Kier molecular flexibility index (Phi) is 7.52. The summed E-state index contributed by atoms with van der Waals surface area (Å²) >= 11 is 1.74. The van der Waals surface area contributed by atoms with E-state index in [1.807, 2.05) is 24.3 Å². The molecule has 2 heterocycles. The SMILES string of the molecule is COc1ccc(C(=O)N[C@H](C)[C@@H](c2cccs2)N2CCN(c3ccccc3OC)CC2)cc1. The fourth-order valence-electron chi connectivity index (χ4n) is 4.45. The van der Waals surface area contributed by atoms with E-state index in [-0.39, 0.29) is 18.0 Å². The molecule has 0 unspecified atom stereocenters.